The van der Waals surface area contributed by atoms with Gasteiger partial charge in [-0.3, -0.25) is 4.99 Å². The predicted molar refractivity (Wildman–Crippen MR) is 85.8 cm³/mol. The molecule has 3 nitrogen and oxygen atoms in total. The van der Waals surface area contributed by atoms with Crippen LogP contribution in [0.3, 0.4) is 0 Å². The Balaban J connectivity index is 2.37. The second-order valence-corrected chi connectivity index (χ2v) is 6.85. The van der Waals surface area contributed by atoms with Gasteiger partial charge >= 0.3 is 0 Å². The summed E-state index contributed by atoms with van der Waals surface area (Å²) in [5, 5.41) is 1.67. The molecule has 19 heavy (non-hydrogen) atoms. The Bertz CT molecular complexity index is 458. The zero-order chi connectivity index (χ0) is 14.5. The van der Waals surface area contributed by atoms with Crippen molar-refractivity contribution < 1.29 is 4.74 Å². The lowest BCUT2D eigenvalue weighted by Crippen LogP contribution is -2.18. The summed E-state index contributed by atoms with van der Waals surface area (Å²) in [4.78, 5) is 4.34. The topological polar surface area (TPSA) is 47.6 Å². The smallest absolute Gasteiger partial charge is 0.154 e. The van der Waals surface area contributed by atoms with Crippen LogP contribution in [0.15, 0.2) is 23.2 Å². The van der Waals surface area contributed by atoms with Crippen molar-refractivity contribution in [3.8, 4) is 5.75 Å². The van der Waals surface area contributed by atoms with E-state index in [4.69, 9.17) is 33.7 Å². The molecular weight excluding hydrogens is 303 g/mol. The van der Waals surface area contributed by atoms with Gasteiger partial charge in [-0.25, -0.2) is 0 Å². The Morgan fingerprint density at radius 2 is 2.05 bits per heavy atom. The third-order valence-electron chi connectivity index (χ3n) is 1.93. The van der Waals surface area contributed by atoms with E-state index in [1.165, 1.54) is 11.8 Å². The Kier molecular flexibility index (Phi) is 6.30. The maximum Gasteiger partial charge on any atom is 0.154 e. The van der Waals surface area contributed by atoms with Crippen LogP contribution in [0.25, 0.3) is 0 Å². The monoisotopic (exact) mass is 320 g/mol. The fraction of sp³-hybridized carbons (Fsp3) is 0.462. The van der Waals surface area contributed by atoms with Crippen molar-refractivity contribution in [1.82, 2.24) is 0 Å². The van der Waals surface area contributed by atoms with E-state index in [0.29, 0.717) is 33.3 Å². The number of aliphatic imine (C=N–C) groups is 1. The normalized spacial score (nSPS) is 12.6. The fourth-order valence-corrected chi connectivity index (χ4v) is 2.43. The van der Waals surface area contributed by atoms with Gasteiger partial charge in [0, 0.05) is 10.8 Å². The SMILES string of the molecule is CC(C)(C)N=C(N)SCCOc1ccc(Cl)cc1Cl. The molecule has 0 aliphatic carbocycles. The van der Waals surface area contributed by atoms with Crippen LogP contribution in [0.5, 0.6) is 5.75 Å². The predicted octanol–water partition coefficient (Wildman–Crippen LogP) is 4.22. The lowest BCUT2D eigenvalue weighted by Gasteiger charge is -2.13. The van der Waals surface area contributed by atoms with Crippen LogP contribution in [0.2, 0.25) is 10.0 Å². The van der Waals surface area contributed by atoms with Crippen molar-refractivity contribution in [1.29, 1.82) is 0 Å². The standard InChI is InChI=1S/C13H18Cl2N2OS/c1-13(2,3)17-12(16)19-7-6-18-11-5-4-9(14)8-10(11)15/h4-5,8H,6-7H2,1-3H3,(H2,16,17). The van der Waals surface area contributed by atoms with E-state index < -0.39 is 0 Å². The van der Waals surface area contributed by atoms with Gasteiger partial charge in [-0.15, -0.1) is 0 Å². The molecule has 0 aliphatic heterocycles. The number of hydrogen-bond donors (Lipinski definition) is 1. The quantitative estimate of drug-likeness (QED) is 0.513. The van der Waals surface area contributed by atoms with E-state index in [0.717, 1.165) is 0 Å². The second kappa shape index (κ2) is 7.27. The van der Waals surface area contributed by atoms with Crippen molar-refractivity contribution in [2.24, 2.45) is 10.7 Å². The number of amidine groups is 1. The van der Waals surface area contributed by atoms with Gasteiger partial charge < -0.3 is 10.5 Å². The van der Waals surface area contributed by atoms with Gasteiger partial charge in [0.2, 0.25) is 0 Å². The van der Waals surface area contributed by atoms with Gasteiger partial charge in [-0.1, -0.05) is 35.0 Å². The lowest BCUT2D eigenvalue weighted by molar-refractivity contribution is 0.344. The summed E-state index contributed by atoms with van der Waals surface area (Å²) in [7, 11) is 0. The van der Waals surface area contributed by atoms with E-state index in [9.17, 15) is 0 Å². The van der Waals surface area contributed by atoms with E-state index in [2.05, 4.69) is 4.99 Å². The molecule has 1 aromatic carbocycles. The molecule has 0 amide bonds. The first-order chi connectivity index (χ1) is 8.78. The molecule has 0 aliphatic rings. The molecule has 1 rings (SSSR count). The summed E-state index contributed by atoms with van der Waals surface area (Å²) in [5.41, 5.74) is 5.65. The minimum Gasteiger partial charge on any atom is -0.491 e. The van der Waals surface area contributed by atoms with Crippen molar-refractivity contribution >= 4 is 40.1 Å². The van der Waals surface area contributed by atoms with E-state index in [1.807, 2.05) is 20.8 Å². The Hall–Kier alpha value is -0.580. The highest BCUT2D eigenvalue weighted by Crippen LogP contribution is 2.27. The molecule has 0 atom stereocenters. The van der Waals surface area contributed by atoms with E-state index >= 15 is 0 Å². The van der Waals surface area contributed by atoms with Crippen LogP contribution < -0.4 is 10.5 Å². The van der Waals surface area contributed by atoms with Crippen LogP contribution in [0.4, 0.5) is 0 Å². The molecular formula is C13H18Cl2N2OS. The number of hydrogen-bond acceptors (Lipinski definition) is 3. The first-order valence-electron chi connectivity index (χ1n) is 5.84. The number of benzene rings is 1. The zero-order valence-corrected chi connectivity index (χ0v) is 13.6. The van der Waals surface area contributed by atoms with Crippen LogP contribution >= 0.6 is 35.0 Å². The third kappa shape index (κ3) is 6.95. The molecule has 0 unspecified atom stereocenters. The minimum atomic E-state index is -0.155. The van der Waals surface area contributed by atoms with E-state index in [-0.39, 0.29) is 5.54 Å². The Labute approximate surface area is 128 Å². The van der Waals surface area contributed by atoms with Crippen LogP contribution in [-0.2, 0) is 0 Å². The van der Waals surface area contributed by atoms with Crippen molar-refractivity contribution in [3.05, 3.63) is 28.2 Å². The van der Waals surface area contributed by atoms with Gasteiger partial charge in [0.25, 0.3) is 0 Å². The summed E-state index contributed by atoms with van der Waals surface area (Å²) in [6.45, 7) is 6.52. The maximum atomic E-state index is 5.99. The summed E-state index contributed by atoms with van der Waals surface area (Å²) in [6, 6.07) is 5.15. The summed E-state index contributed by atoms with van der Waals surface area (Å²) in [5.74, 6) is 1.34. The second-order valence-electron chi connectivity index (χ2n) is 4.89. The molecule has 0 aromatic heterocycles. The number of nitrogens with two attached hydrogens (primary N) is 1. The largest absolute Gasteiger partial charge is 0.491 e. The molecule has 0 radical (unpaired) electrons. The molecule has 0 fully saturated rings. The Morgan fingerprint density at radius 1 is 1.37 bits per heavy atom. The minimum absolute atomic E-state index is 0.155. The Morgan fingerprint density at radius 3 is 2.63 bits per heavy atom. The molecule has 0 bridgehead atoms. The zero-order valence-electron chi connectivity index (χ0n) is 11.2. The maximum absolute atomic E-state index is 5.99. The lowest BCUT2D eigenvalue weighted by atomic mass is 10.1. The average molecular weight is 321 g/mol. The summed E-state index contributed by atoms with van der Waals surface area (Å²) < 4.78 is 5.55. The first-order valence-corrected chi connectivity index (χ1v) is 7.58. The molecule has 1 aromatic rings. The highest BCUT2D eigenvalue weighted by molar-refractivity contribution is 8.13. The van der Waals surface area contributed by atoms with Crippen LogP contribution in [0.1, 0.15) is 20.8 Å². The fourth-order valence-electron chi connectivity index (χ4n) is 1.25. The van der Waals surface area contributed by atoms with Crippen molar-refractivity contribution in [2.45, 2.75) is 26.3 Å². The highest BCUT2D eigenvalue weighted by atomic mass is 35.5. The van der Waals surface area contributed by atoms with E-state index in [1.54, 1.807) is 18.2 Å². The molecule has 6 heteroatoms. The number of halogens is 2. The average Bonchev–Trinajstić information content (AvgIpc) is 2.24. The highest BCUT2D eigenvalue weighted by Gasteiger charge is 2.08. The molecule has 0 heterocycles. The molecule has 0 saturated carbocycles. The van der Waals surface area contributed by atoms with Crippen molar-refractivity contribution in [2.75, 3.05) is 12.4 Å². The van der Waals surface area contributed by atoms with Gasteiger partial charge in [0.15, 0.2) is 5.17 Å². The number of rotatable bonds is 4. The molecule has 106 valence electrons. The molecule has 2 N–H and O–H groups in total. The number of ether oxygens (including phenoxy) is 1. The summed E-state index contributed by atoms with van der Waals surface area (Å²) in [6.07, 6.45) is 0. The van der Waals surface area contributed by atoms with Gasteiger partial charge in [0.05, 0.1) is 17.2 Å². The molecule has 0 saturated heterocycles. The first kappa shape index (κ1) is 16.5. The molecule has 0 spiro atoms. The van der Waals surface area contributed by atoms with Gasteiger partial charge in [0.1, 0.15) is 5.75 Å². The third-order valence-corrected chi connectivity index (χ3v) is 3.22. The number of nitrogens with zero attached hydrogens (tertiary/aromatic N) is 1. The van der Waals surface area contributed by atoms with Gasteiger partial charge in [-0.2, -0.15) is 0 Å². The van der Waals surface area contributed by atoms with Crippen LogP contribution in [0, 0.1) is 0 Å². The summed E-state index contributed by atoms with van der Waals surface area (Å²) >= 11 is 13.3. The number of thioether (sulfide) groups is 1. The van der Waals surface area contributed by atoms with Gasteiger partial charge in [-0.05, 0) is 39.0 Å². The van der Waals surface area contributed by atoms with Crippen molar-refractivity contribution in [3.63, 3.8) is 0 Å². The van der Waals surface area contributed by atoms with Crippen LogP contribution in [-0.4, -0.2) is 23.1 Å².